The Morgan fingerprint density at radius 2 is 1.91 bits per heavy atom. The van der Waals surface area contributed by atoms with Crippen LogP contribution >= 0.6 is 11.3 Å². The van der Waals surface area contributed by atoms with Crippen LogP contribution in [-0.4, -0.2) is 33.9 Å². The monoisotopic (exact) mass is 339 g/mol. The molecule has 1 saturated carbocycles. The molecule has 2 amide bonds. The van der Waals surface area contributed by atoms with Gasteiger partial charge in [0, 0.05) is 23.8 Å². The van der Waals surface area contributed by atoms with Crippen LogP contribution in [0.5, 0.6) is 0 Å². The highest BCUT2D eigenvalue weighted by molar-refractivity contribution is 7.16. The van der Waals surface area contributed by atoms with Gasteiger partial charge >= 0.3 is 5.97 Å². The van der Waals surface area contributed by atoms with Crippen molar-refractivity contribution in [2.45, 2.75) is 52.0 Å². The number of hydrogen-bond acceptors (Lipinski definition) is 5. The summed E-state index contributed by atoms with van der Waals surface area (Å²) in [5.74, 6) is -1.27. The summed E-state index contributed by atoms with van der Waals surface area (Å²) in [7, 11) is 0. The zero-order chi connectivity index (χ0) is 17.0. The van der Waals surface area contributed by atoms with E-state index in [0.717, 1.165) is 12.8 Å². The summed E-state index contributed by atoms with van der Waals surface area (Å²) in [6.07, 6.45) is 2.79. The maximum absolute atomic E-state index is 11.9. The third-order valence-corrected chi connectivity index (χ3v) is 4.25. The van der Waals surface area contributed by atoms with Crippen molar-refractivity contribution in [2.24, 2.45) is 5.92 Å². The lowest BCUT2D eigenvalue weighted by molar-refractivity contribution is -0.124. The molecule has 0 bridgehead atoms. The van der Waals surface area contributed by atoms with Gasteiger partial charge in [0.25, 0.3) is 0 Å². The molecule has 0 aromatic carbocycles. The maximum atomic E-state index is 11.9. The largest absolute Gasteiger partial charge is 0.476 e. The lowest BCUT2D eigenvalue weighted by Gasteiger charge is -2.03. The van der Waals surface area contributed by atoms with E-state index in [4.69, 9.17) is 0 Å². The molecule has 1 aromatic rings. The van der Waals surface area contributed by atoms with Crippen LogP contribution in [0.1, 0.15) is 54.9 Å². The molecule has 1 aromatic heterocycles. The minimum absolute atomic E-state index is 0.00882. The predicted molar refractivity (Wildman–Crippen MR) is 86.6 cm³/mol. The van der Waals surface area contributed by atoms with Crippen molar-refractivity contribution < 1.29 is 19.5 Å². The van der Waals surface area contributed by atoms with Crippen LogP contribution < -0.4 is 10.6 Å². The van der Waals surface area contributed by atoms with Crippen LogP contribution in [0.25, 0.3) is 0 Å². The molecule has 1 aliphatic carbocycles. The SMILES string of the molecule is CC(C)Cc1sc(NC(=O)CCC(=O)NC2CC2)nc1C(=O)O. The molecule has 3 N–H and O–H groups in total. The predicted octanol–water partition coefficient (Wildman–Crippen LogP) is 2.04. The van der Waals surface area contributed by atoms with Gasteiger partial charge in [-0.2, -0.15) is 0 Å². The number of rotatable bonds is 8. The van der Waals surface area contributed by atoms with Gasteiger partial charge in [-0.25, -0.2) is 9.78 Å². The Hall–Kier alpha value is -1.96. The van der Waals surface area contributed by atoms with Crippen molar-refractivity contribution in [1.29, 1.82) is 0 Å². The Morgan fingerprint density at radius 1 is 1.26 bits per heavy atom. The average molecular weight is 339 g/mol. The molecule has 1 aliphatic rings. The number of carbonyl (C=O) groups is 3. The number of carboxylic acid groups (broad SMARTS) is 1. The Balaban J connectivity index is 1.89. The van der Waals surface area contributed by atoms with E-state index in [1.54, 1.807) is 0 Å². The number of carbonyl (C=O) groups excluding carboxylic acids is 2. The fourth-order valence-electron chi connectivity index (χ4n) is 2.02. The molecule has 0 saturated heterocycles. The lowest BCUT2D eigenvalue weighted by Crippen LogP contribution is -2.26. The zero-order valence-corrected chi connectivity index (χ0v) is 14.0. The smallest absolute Gasteiger partial charge is 0.355 e. The second kappa shape index (κ2) is 7.54. The molecular formula is C15H21N3O4S. The minimum atomic E-state index is -1.10. The van der Waals surface area contributed by atoms with Crippen molar-refractivity contribution in [3.05, 3.63) is 10.6 Å². The number of anilines is 1. The molecule has 0 atom stereocenters. The Bertz CT molecular complexity index is 608. The van der Waals surface area contributed by atoms with Gasteiger partial charge in [0.1, 0.15) is 0 Å². The number of hydrogen-bond donors (Lipinski definition) is 3. The van der Waals surface area contributed by atoms with Crippen LogP contribution in [0.15, 0.2) is 0 Å². The second-order valence-corrected chi connectivity index (χ2v) is 7.17. The normalized spacial score (nSPS) is 13.9. The van der Waals surface area contributed by atoms with Crippen LogP contribution in [0, 0.1) is 5.92 Å². The molecule has 0 spiro atoms. The van der Waals surface area contributed by atoms with Gasteiger partial charge in [0.15, 0.2) is 10.8 Å². The van der Waals surface area contributed by atoms with Crippen molar-refractivity contribution in [3.8, 4) is 0 Å². The fourth-order valence-corrected chi connectivity index (χ4v) is 3.20. The molecule has 0 aliphatic heterocycles. The first-order valence-electron chi connectivity index (χ1n) is 7.67. The molecule has 0 radical (unpaired) electrons. The van der Waals surface area contributed by atoms with Gasteiger partial charge in [-0.1, -0.05) is 13.8 Å². The van der Waals surface area contributed by atoms with E-state index in [1.807, 2.05) is 13.8 Å². The van der Waals surface area contributed by atoms with E-state index >= 15 is 0 Å². The summed E-state index contributed by atoms with van der Waals surface area (Å²) in [5.41, 5.74) is -0.00882. The van der Waals surface area contributed by atoms with Gasteiger partial charge < -0.3 is 15.7 Å². The third-order valence-electron chi connectivity index (χ3n) is 3.26. The van der Waals surface area contributed by atoms with E-state index < -0.39 is 5.97 Å². The molecule has 2 rings (SSSR count). The van der Waals surface area contributed by atoms with Crippen LogP contribution in [0.4, 0.5) is 5.13 Å². The molecule has 7 nitrogen and oxygen atoms in total. The summed E-state index contributed by atoms with van der Waals surface area (Å²) < 4.78 is 0. The van der Waals surface area contributed by atoms with Crippen molar-refractivity contribution in [3.63, 3.8) is 0 Å². The number of nitrogens with one attached hydrogen (secondary N) is 2. The molecule has 23 heavy (non-hydrogen) atoms. The number of aromatic carboxylic acids is 1. The van der Waals surface area contributed by atoms with Crippen molar-refractivity contribution in [1.82, 2.24) is 10.3 Å². The standard InChI is InChI=1S/C15H21N3O4S/c1-8(2)7-10-13(14(21)22)18-15(23-10)17-12(20)6-5-11(19)16-9-3-4-9/h8-9H,3-7H2,1-2H3,(H,16,19)(H,21,22)(H,17,18,20). The lowest BCUT2D eigenvalue weighted by atomic mass is 10.1. The van der Waals surface area contributed by atoms with E-state index in [-0.39, 0.29) is 41.5 Å². The summed E-state index contributed by atoms with van der Waals surface area (Å²) in [5, 5.41) is 14.8. The summed E-state index contributed by atoms with van der Waals surface area (Å²) in [4.78, 5) is 39.2. The number of amides is 2. The van der Waals surface area contributed by atoms with Crippen LogP contribution in [0.2, 0.25) is 0 Å². The highest BCUT2D eigenvalue weighted by Gasteiger charge is 2.23. The zero-order valence-electron chi connectivity index (χ0n) is 13.2. The topological polar surface area (TPSA) is 108 Å². The van der Waals surface area contributed by atoms with Crippen molar-refractivity contribution in [2.75, 3.05) is 5.32 Å². The number of carboxylic acids is 1. The fraction of sp³-hybridized carbons (Fsp3) is 0.600. The Morgan fingerprint density at radius 3 is 2.48 bits per heavy atom. The summed E-state index contributed by atoms with van der Waals surface area (Å²) in [6, 6.07) is 0.279. The molecule has 126 valence electrons. The molecule has 0 unspecified atom stereocenters. The highest BCUT2D eigenvalue weighted by atomic mass is 32.1. The summed E-state index contributed by atoms with van der Waals surface area (Å²) >= 11 is 1.17. The first-order chi connectivity index (χ1) is 10.8. The quantitative estimate of drug-likeness (QED) is 0.671. The minimum Gasteiger partial charge on any atom is -0.476 e. The van der Waals surface area contributed by atoms with Crippen molar-refractivity contribution >= 4 is 34.3 Å². The van der Waals surface area contributed by atoms with E-state index in [1.165, 1.54) is 11.3 Å². The molecular weight excluding hydrogens is 318 g/mol. The number of aromatic nitrogens is 1. The number of thiazole rings is 1. The van der Waals surface area contributed by atoms with E-state index in [9.17, 15) is 19.5 Å². The Kier molecular flexibility index (Phi) is 5.70. The maximum Gasteiger partial charge on any atom is 0.355 e. The van der Waals surface area contributed by atoms with Gasteiger partial charge in [0.05, 0.1) is 0 Å². The van der Waals surface area contributed by atoms with Gasteiger partial charge in [0.2, 0.25) is 11.8 Å². The molecule has 1 fully saturated rings. The number of nitrogens with zero attached hydrogens (tertiary/aromatic N) is 1. The van der Waals surface area contributed by atoms with Gasteiger partial charge in [-0.3, -0.25) is 9.59 Å². The van der Waals surface area contributed by atoms with E-state index in [2.05, 4.69) is 15.6 Å². The summed E-state index contributed by atoms with van der Waals surface area (Å²) in [6.45, 7) is 3.98. The van der Waals surface area contributed by atoms with Gasteiger partial charge in [-0.15, -0.1) is 11.3 Å². The molecule has 1 heterocycles. The first-order valence-corrected chi connectivity index (χ1v) is 8.49. The third kappa shape index (κ3) is 5.63. The Labute approximate surface area is 138 Å². The van der Waals surface area contributed by atoms with Crippen LogP contribution in [-0.2, 0) is 16.0 Å². The van der Waals surface area contributed by atoms with Crippen LogP contribution in [0.3, 0.4) is 0 Å². The molecule has 8 heteroatoms. The van der Waals surface area contributed by atoms with Gasteiger partial charge in [-0.05, 0) is 25.2 Å². The average Bonchev–Trinajstić information content (AvgIpc) is 3.16. The second-order valence-electron chi connectivity index (χ2n) is 6.08. The highest BCUT2D eigenvalue weighted by Crippen LogP contribution is 2.26. The van der Waals surface area contributed by atoms with E-state index in [0.29, 0.717) is 17.2 Å². The first kappa shape index (κ1) is 17.4.